The van der Waals surface area contributed by atoms with E-state index in [0.29, 0.717) is 13.0 Å². The minimum atomic E-state index is -3.35. The molecule has 0 aromatic heterocycles. The van der Waals surface area contributed by atoms with E-state index in [1.54, 1.807) is 11.0 Å². The second kappa shape index (κ2) is 14.0. The molecule has 0 aromatic carbocycles. The van der Waals surface area contributed by atoms with Crippen molar-refractivity contribution < 1.29 is 32.4 Å². The van der Waals surface area contributed by atoms with Gasteiger partial charge in [-0.2, -0.15) is 0 Å². The van der Waals surface area contributed by atoms with Crippen LogP contribution in [-0.4, -0.2) is 91.6 Å². The average Bonchev–Trinajstić information content (AvgIpc) is 3.24. The van der Waals surface area contributed by atoms with Gasteiger partial charge in [0.25, 0.3) is 5.91 Å². The first-order valence-corrected chi connectivity index (χ1v) is 17.7. The van der Waals surface area contributed by atoms with E-state index in [4.69, 9.17) is 0 Å². The molecule has 0 bridgehead atoms. The Morgan fingerprint density at radius 3 is 2.25 bits per heavy atom. The van der Waals surface area contributed by atoms with E-state index in [2.05, 4.69) is 27.8 Å². The number of piperidine rings is 1. The average molecular weight is 638 g/mol. The van der Waals surface area contributed by atoms with Gasteiger partial charge in [0.1, 0.15) is 21.9 Å². The highest BCUT2D eigenvalue weighted by atomic mass is 32.2. The van der Waals surface area contributed by atoms with Gasteiger partial charge in [0.15, 0.2) is 0 Å². The zero-order valence-electron chi connectivity index (χ0n) is 27.0. The summed E-state index contributed by atoms with van der Waals surface area (Å²) in [5.41, 5.74) is -0.699. The highest BCUT2D eigenvalue weighted by molar-refractivity contribution is 7.90. The van der Waals surface area contributed by atoms with E-state index in [0.717, 1.165) is 38.4 Å². The molecule has 5 atom stereocenters. The predicted octanol–water partition coefficient (Wildman–Crippen LogP) is 1.70. The number of Topliss-reactive ketones (excluding diaryl/α,β-unsaturated/α-hetero) is 1. The van der Waals surface area contributed by atoms with E-state index in [1.165, 1.54) is 0 Å². The zero-order chi connectivity index (χ0) is 33.0. The van der Waals surface area contributed by atoms with E-state index < -0.39 is 57.1 Å². The van der Waals surface area contributed by atoms with Crippen LogP contribution in [0.5, 0.6) is 0 Å². The first-order valence-electron chi connectivity index (χ1n) is 15.7. The van der Waals surface area contributed by atoms with Crippen LogP contribution >= 0.6 is 0 Å². The van der Waals surface area contributed by atoms with Crippen LogP contribution in [0.15, 0.2) is 12.7 Å². The minimum absolute atomic E-state index is 0.0619. The molecular weight excluding hydrogens is 586 g/mol. The molecule has 5 amide bonds. The number of ketones is 1. The number of sulfone groups is 1. The summed E-state index contributed by atoms with van der Waals surface area (Å²) in [4.78, 5) is 68.4. The minimum Gasteiger partial charge on any atom is -0.348 e. The van der Waals surface area contributed by atoms with Crippen molar-refractivity contribution in [3.8, 4) is 0 Å². The summed E-state index contributed by atoms with van der Waals surface area (Å²) >= 11 is 0. The number of fused-ring (bicyclic) bond motifs is 1. The van der Waals surface area contributed by atoms with Crippen LogP contribution in [0.1, 0.15) is 79.6 Å². The van der Waals surface area contributed by atoms with E-state index in [1.807, 2.05) is 34.6 Å². The van der Waals surface area contributed by atoms with Gasteiger partial charge in [0.05, 0.1) is 11.8 Å². The van der Waals surface area contributed by atoms with Gasteiger partial charge in [-0.25, -0.2) is 13.2 Å². The normalized spacial score (nSPS) is 24.3. The Hall–Kier alpha value is -2.96. The fourth-order valence-corrected chi connectivity index (χ4v) is 7.24. The smallest absolute Gasteiger partial charge is 0.315 e. The van der Waals surface area contributed by atoms with Crippen molar-refractivity contribution >= 4 is 39.4 Å². The number of hydrogen-bond acceptors (Lipinski definition) is 7. The first kappa shape index (κ1) is 35.5. The second-order valence-corrected chi connectivity index (χ2v) is 16.6. The lowest BCUT2D eigenvalue weighted by Gasteiger charge is -2.37. The molecule has 13 heteroatoms. The maximum atomic E-state index is 14.2. The molecule has 1 heterocycles. The zero-order valence-corrected chi connectivity index (χ0v) is 27.8. The van der Waals surface area contributed by atoms with Crippen molar-refractivity contribution in [3.05, 3.63) is 12.7 Å². The lowest BCUT2D eigenvalue weighted by Crippen LogP contribution is -2.61. The third kappa shape index (κ3) is 9.04. The summed E-state index contributed by atoms with van der Waals surface area (Å²) in [5.74, 6) is -3.15. The number of rotatable bonds is 13. The van der Waals surface area contributed by atoms with Crippen LogP contribution in [0.3, 0.4) is 0 Å². The van der Waals surface area contributed by atoms with Crippen molar-refractivity contribution in [3.63, 3.8) is 0 Å². The summed E-state index contributed by atoms with van der Waals surface area (Å²) in [6, 6.07) is -3.29. The number of carbonyl (C=O) groups excluding carboxylic acids is 5. The molecule has 4 N–H and O–H groups in total. The summed E-state index contributed by atoms with van der Waals surface area (Å²) < 4.78 is 22.9. The molecule has 0 radical (unpaired) electrons. The summed E-state index contributed by atoms with van der Waals surface area (Å²) in [7, 11) is -3.35. The molecule has 2 aliphatic carbocycles. The lowest BCUT2D eigenvalue weighted by atomic mass is 9.83. The molecular formula is C31H51N5O7S. The van der Waals surface area contributed by atoms with E-state index in [9.17, 15) is 32.4 Å². The SMILES string of the molecule is C=CCC[C@H](NC(=O)[C@@H]1[C@@H]2[C@H](CN1C(=O)[C@@H](NC(=O)NC(C)(C)C)C1CCCCC1)C2(C)C)C(=O)C(=O)NCCS(C)(=O)=O. The van der Waals surface area contributed by atoms with Gasteiger partial charge in [-0.3, -0.25) is 19.2 Å². The number of nitrogens with one attached hydrogen (secondary N) is 4. The van der Waals surface area contributed by atoms with Crippen molar-refractivity contribution in [2.24, 2.45) is 23.2 Å². The number of urea groups is 1. The molecule has 0 aromatic rings. The fraction of sp³-hybridized carbons (Fsp3) is 0.774. The van der Waals surface area contributed by atoms with Crippen LogP contribution in [0.4, 0.5) is 4.79 Å². The molecule has 0 spiro atoms. The van der Waals surface area contributed by atoms with Gasteiger partial charge < -0.3 is 26.2 Å². The van der Waals surface area contributed by atoms with Crippen LogP contribution in [-0.2, 0) is 29.0 Å². The Morgan fingerprint density at radius 2 is 1.68 bits per heavy atom. The van der Waals surface area contributed by atoms with Gasteiger partial charge in [-0.1, -0.05) is 39.2 Å². The molecule has 1 saturated heterocycles. The lowest BCUT2D eigenvalue weighted by molar-refractivity contribution is -0.144. The number of nitrogens with zero attached hydrogens (tertiary/aromatic N) is 1. The van der Waals surface area contributed by atoms with Gasteiger partial charge in [-0.15, -0.1) is 6.58 Å². The standard InChI is InChI=1S/C31H51N5O7S/c1-8-9-15-21(25(37)27(39)32-16-17-44(7,42)43)33-26(38)24-22-20(31(22,5)6)18-36(24)28(40)23(19-13-11-10-12-14-19)34-29(41)35-30(2,3)4/h8,19-24H,1,9-18H2,2-7H3,(H,32,39)(H,33,38)(H2,34,35,41)/t20-,21-,22-,23-,24-/m0/s1. The fourth-order valence-electron chi connectivity index (χ4n) is 6.76. The monoisotopic (exact) mass is 637 g/mol. The van der Waals surface area contributed by atoms with E-state index in [-0.39, 0.29) is 47.8 Å². The molecule has 1 aliphatic heterocycles. The first-order chi connectivity index (χ1) is 20.4. The van der Waals surface area contributed by atoms with Gasteiger partial charge >= 0.3 is 6.03 Å². The molecule has 0 unspecified atom stereocenters. The Labute approximate surface area is 261 Å². The third-order valence-electron chi connectivity index (χ3n) is 9.20. The summed E-state index contributed by atoms with van der Waals surface area (Å²) in [5, 5.41) is 10.9. The highest BCUT2D eigenvalue weighted by Crippen LogP contribution is 2.65. The molecule has 3 aliphatic rings. The molecule has 44 heavy (non-hydrogen) atoms. The van der Waals surface area contributed by atoms with Crippen LogP contribution in [0, 0.1) is 23.2 Å². The molecule has 12 nitrogen and oxygen atoms in total. The Balaban J connectivity index is 1.82. The van der Waals surface area contributed by atoms with E-state index >= 15 is 0 Å². The Kier molecular flexibility index (Phi) is 11.3. The number of carbonyl (C=O) groups is 5. The highest BCUT2D eigenvalue weighted by Gasteiger charge is 2.69. The molecule has 248 valence electrons. The topological polar surface area (TPSA) is 171 Å². The summed E-state index contributed by atoms with van der Waals surface area (Å²) in [6.07, 6.45) is 7.63. The van der Waals surface area contributed by atoms with Crippen molar-refractivity contribution in [2.45, 2.75) is 103 Å². The van der Waals surface area contributed by atoms with Gasteiger partial charge in [0.2, 0.25) is 17.6 Å². The largest absolute Gasteiger partial charge is 0.348 e. The molecule has 3 rings (SSSR count). The quantitative estimate of drug-likeness (QED) is 0.176. The maximum Gasteiger partial charge on any atom is 0.315 e. The Bertz CT molecular complexity index is 1240. The van der Waals surface area contributed by atoms with Crippen molar-refractivity contribution in [1.82, 2.24) is 26.2 Å². The van der Waals surface area contributed by atoms with Gasteiger partial charge in [-0.05, 0) is 69.6 Å². The molecule has 2 saturated carbocycles. The summed E-state index contributed by atoms with van der Waals surface area (Å²) in [6.45, 7) is 13.5. The number of likely N-dealkylation sites (tertiary alicyclic amines) is 1. The van der Waals surface area contributed by atoms with Gasteiger partial charge in [0, 0.05) is 24.9 Å². The molecule has 3 fully saturated rings. The second-order valence-electron chi connectivity index (χ2n) is 14.3. The maximum absolute atomic E-state index is 14.2. The number of allylic oxidation sites excluding steroid dienone is 1. The van der Waals surface area contributed by atoms with Crippen molar-refractivity contribution in [2.75, 3.05) is 25.1 Å². The number of amides is 5. The number of hydrogen-bond donors (Lipinski definition) is 4. The Morgan fingerprint density at radius 1 is 1.05 bits per heavy atom. The van der Waals surface area contributed by atoms with Crippen LogP contribution < -0.4 is 21.3 Å². The van der Waals surface area contributed by atoms with Crippen LogP contribution in [0.25, 0.3) is 0 Å². The third-order valence-corrected chi connectivity index (χ3v) is 10.1. The van der Waals surface area contributed by atoms with Crippen LogP contribution in [0.2, 0.25) is 0 Å². The predicted molar refractivity (Wildman–Crippen MR) is 167 cm³/mol. The van der Waals surface area contributed by atoms with Crippen molar-refractivity contribution in [1.29, 1.82) is 0 Å².